The molecule has 0 aromatic rings. The molecule has 0 bridgehead atoms. The number of hydrogen-bond donors (Lipinski definition) is 1. The van der Waals surface area contributed by atoms with Crippen LogP contribution in [0.2, 0.25) is 0 Å². The molecule has 178 valence electrons. The van der Waals surface area contributed by atoms with Crippen LogP contribution < -0.4 is 0 Å². The number of esters is 1. The first kappa shape index (κ1) is 23.7. The van der Waals surface area contributed by atoms with E-state index >= 15 is 0 Å². The number of rotatable bonds is 6. The van der Waals surface area contributed by atoms with Gasteiger partial charge in [0.1, 0.15) is 0 Å². The molecule has 0 amide bonds. The van der Waals surface area contributed by atoms with E-state index in [0.29, 0.717) is 25.7 Å². The first-order chi connectivity index (χ1) is 15.1. The molecule has 4 aliphatic rings. The predicted octanol–water partition coefficient (Wildman–Crippen LogP) is 4.94. The van der Waals surface area contributed by atoms with Crippen molar-refractivity contribution >= 4 is 17.5 Å². The second kappa shape index (κ2) is 8.38. The molecule has 0 heterocycles. The number of Topliss-reactive ketones (excluding diaryl/α,β-unsaturated/α-hetero) is 1. The summed E-state index contributed by atoms with van der Waals surface area (Å²) in [5, 5.41) is 11.5. The normalized spacial score (nSPS) is 43.0. The van der Waals surface area contributed by atoms with Gasteiger partial charge in [0.25, 0.3) is 0 Å². The van der Waals surface area contributed by atoms with Crippen molar-refractivity contribution in [1.82, 2.24) is 0 Å². The molecule has 3 saturated carbocycles. The fourth-order valence-electron chi connectivity index (χ4n) is 8.26. The Hall–Kier alpha value is -1.49. The van der Waals surface area contributed by atoms with Gasteiger partial charge in [0.2, 0.25) is 0 Å². The number of aliphatic hydroxyl groups is 1. The molecule has 3 fully saturated rings. The minimum Gasteiger partial charge on any atom is -0.450 e. The zero-order chi connectivity index (χ0) is 23.3. The first-order valence-corrected chi connectivity index (χ1v) is 12.7. The van der Waals surface area contributed by atoms with Crippen LogP contribution in [0.1, 0.15) is 98.3 Å². The molecule has 4 rings (SSSR count). The SMILES string of the molecule is CCCCCC(=O)O[C@]1(C(C)=O)CC[C@H]2[C@@H]3CCC4=CC(=O)CC[C@]4(C)[C@H]3[C@@H](O)C[C@@]21C. The summed E-state index contributed by atoms with van der Waals surface area (Å²) in [7, 11) is 0. The van der Waals surface area contributed by atoms with E-state index in [9.17, 15) is 19.5 Å². The van der Waals surface area contributed by atoms with E-state index in [2.05, 4.69) is 20.8 Å². The number of carbonyl (C=O) groups excluding carboxylic acids is 3. The van der Waals surface area contributed by atoms with E-state index < -0.39 is 17.1 Å². The van der Waals surface area contributed by atoms with E-state index in [1.807, 2.05) is 6.08 Å². The van der Waals surface area contributed by atoms with Crippen molar-refractivity contribution in [2.45, 2.75) is 110 Å². The van der Waals surface area contributed by atoms with Gasteiger partial charge in [0, 0.05) is 18.3 Å². The van der Waals surface area contributed by atoms with Gasteiger partial charge in [-0.1, -0.05) is 39.2 Å². The van der Waals surface area contributed by atoms with Crippen LogP contribution in [0.15, 0.2) is 11.6 Å². The molecule has 0 saturated heterocycles. The highest BCUT2D eigenvalue weighted by atomic mass is 16.6. The third-order valence-corrected chi connectivity index (χ3v) is 9.86. The lowest BCUT2D eigenvalue weighted by Gasteiger charge is -2.60. The number of aliphatic hydroxyl groups excluding tert-OH is 1. The van der Waals surface area contributed by atoms with Crippen LogP contribution in [0, 0.1) is 28.6 Å². The van der Waals surface area contributed by atoms with Crippen LogP contribution >= 0.6 is 0 Å². The molecule has 4 aliphatic carbocycles. The van der Waals surface area contributed by atoms with E-state index in [0.717, 1.165) is 44.9 Å². The minimum absolute atomic E-state index is 0.0807. The van der Waals surface area contributed by atoms with Crippen molar-refractivity contribution < 1.29 is 24.2 Å². The van der Waals surface area contributed by atoms with Crippen LogP contribution in [0.25, 0.3) is 0 Å². The van der Waals surface area contributed by atoms with Crippen molar-refractivity contribution in [2.24, 2.45) is 28.6 Å². The Morgan fingerprint density at radius 2 is 1.91 bits per heavy atom. The number of fused-ring (bicyclic) bond motifs is 5. The number of ketones is 2. The Morgan fingerprint density at radius 3 is 2.59 bits per heavy atom. The Morgan fingerprint density at radius 1 is 1.16 bits per heavy atom. The Kier molecular flexibility index (Phi) is 6.19. The van der Waals surface area contributed by atoms with E-state index in [1.54, 1.807) is 6.92 Å². The summed E-state index contributed by atoms with van der Waals surface area (Å²) >= 11 is 0. The topological polar surface area (TPSA) is 80.7 Å². The molecule has 5 nitrogen and oxygen atoms in total. The van der Waals surface area contributed by atoms with Gasteiger partial charge < -0.3 is 9.84 Å². The van der Waals surface area contributed by atoms with Gasteiger partial charge in [-0.3, -0.25) is 14.4 Å². The molecule has 0 aromatic heterocycles. The standard InChI is InChI=1S/C27H40O5/c1-5-6-7-8-23(31)32-27(17(2)28)14-12-21-20-10-9-18-15-19(29)11-13-25(18,3)24(20)22(30)16-26(21,27)4/h15,20-22,24,30H,5-14,16H2,1-4H3/t20-,21-,22-,24+,25-,26-,27-/m0/s1. The molecule has 0 radical (unpaired) electrons. The minimum atomic E-state index is -1.13. The Bertz CT molecular complexity index is 830. The van der Waals surface area contributed by atoms with Crippen molar-refractivity contribution in [1.29, 1.82) is 0 Å². The number of ether oxygens (including phenoxy) is 1. The van der Waals surface area contributed by atoms with Crippen molar-refractivity contribution in [3.8, 4) is 0 Å². The summed E-state index contributed by atoms with van der Waals surface area (Å²) in [4.78, 5) is 37.9. The monoisotopic (exact) mass is 444 g/mol. The van der Waals surface area contributed by atoms with E-state index in [-0.39, 0.29) is 40.7 Å². The zero-order valence-electron chi connectivity index (χ0n) is 20.2. The quantitative estimate of drug-likeness (QED) is 0.464. The maximum absolute atomic E-state index is 13.1. The van der Waals surface area contributed by atoms with Gasteiger partial charge in [0.05, 0.1) is 6.10 Å². The Balaban J connectivity index is 1.64. The average Bonchev–Trinajstić information content (AvgIpc) is 3.01. The summed E-state index contributed by atoms with van der Waals surface area (Å²) in [5.74, 6) is 0.453. The summed E-state index contributed by atoms with van der Waals surface area (Å²) < 4.78 is 6.10. The average molecular weight is 445 g/mol. The van der Waals surface area contributed by atoms with Crippen molar-refractivity contribution in [2.75, 3.05) is 0 Å². The fourth-order valence-corrected chi connectivity index (χ4v) is 8.26. The van der Waals surface area contributed by atoms with Crippen molar-refractivity contribution in [3.63, 3.8) is 0 Å². The number of allylic oxidation sites excluding steroid dienone is 1. The van der Waals surface area contributed by atoms with Crippen LogP contribution in [0.3, 0.4) is 0 Å². The number of hydrogen-bond acceptors (Lipinski definition) is 5. The predicted molar refractivity (Wildman–Crippen MR) is 122 cm³/mol. The first-order valence-electron chi connectivity index (χ1n) is 12.7. The lowest BCUT2D eigenvalue weighted by Crippen LogP contribution is -2.62. The highest BCUT2D eigenvalue weighted by Gasteiger charge is 2.69. The van der Waals surface area contributed by atoms with E-state index in [1.165, 1.54) is 5.57 Å². The third kappa shape index (κ3) is 3.41. The molecule has 0 aliphatic heterocycles. The van der Waals surface area contributed by atoms with Gasteiger partial charge in [-0.05, 0) is 81.1 Å². The van der Waals surface area contributed by atoms with Gasteiger partial charge in [0.15, 0.2) is 17.2 Å². The second-order valence-electron chi connectivity index (χ2n) is 11.4. The second-order valence-corrected chi connectivity index (χ2v) is 11.4. The molecule has 0 spiro atoms. The molecular weight excluding hydrogens is 404 g/mol. The van der Waals surface area contributed by atoms with E-state index in [4.69, 9.17) is 4.74 Å². The van der Waals surface area contributed by atoms with Crippen LogP contribution in [-0.4, -0.2) is 34.3 Å². The van der Waals surface area contributed by atoms with Gasteiger partial charge in [-0.2, -0.15) is 0 Å². The molecule has 0 aromatic carbocycles. The van der Waals surface area contributed by atoms with Gasteiger partial charge in [-0.25, -0.2) is 0 Å². The zero-order valence-corrected chi connectivity index (χ0v) is 20.2. The molecule has 7 atom stereocenters. The fraction of sp³-hybridized carbons (Fsp3) is 0.815. The molecule has 0 unspecified atom stereocenters. The van der Waals surface area contributed by atoms with Crippen LogP contribution in [0.4, 0.5) is 0 Å². The van der Waals surface area contributed by atoms with Crippen LogP contribution in [0.5, 0.6) is 0 Å². The summed E-state index contributed by atoms with van der Waals surface area (Å²) in [6.45, 7) is 7.97. The third-order valence-electron chi connectivity index (χ3n) is 9.86. The maximum atomic E-state index is 13.1. The molecule has 32 heavy (non-hydrogen) atoms. The van der Waals surface area contributed by atoms with Gasteiger partial charge in [-0.15, -0.1) is 0 Å². The number of unbranched alkanes of at least 4 members (excludes halogenated alkanes) is 2. The Labute approximate surface area is 192 Å². The number of carbonyl (C=O) groups is 3. The largest absolute Gasteiger partial charge is 0.450 e. The lowest BCUT2D eigenvalue weighted by molar-refractivity contribution is -0.200. The maximum Gasteiger partial charge on any atom is 0.306 e. The summed E-state index contributed by atoms with van der Waals surface area (Å²) in [5.41, 5.74) is -0.639. The summed E-state index contributed by atoms with van der Waals surface area (Å²) in [6.07, 6.45) is 9.42. The van der Waals surface area contributed by atoms with Gasteiger partial charge >= 0.3 is 5.97 Å². The van der Waals surface area contributed by atoms with Crippen LogP contribution in [-0.2, 0) is 19.1 Å². The highest BCUT2D eigenvalue weighted by molar-refractivity contribution is 5.92. The van der Waals surface area contributed by atoms with Crippen molar-refractivity contribution in [3.05, 3.63) is 11.6 Å². The molecular formula is C27H40O5. The molecule has 1 N–H and O–H groups in total. The lowest BCUT2D eigenvalue weighted by atomic mass is 9.45. The smallest absolute Gasteiger partial charge is 0.306 e. The molecule has 5 heteroatoms. The summed E-state index contributed by atoms with van der Waals surface area (Å²) in [6, 6.07) is 0. The highest BCUT2D eigenvalue weighted by Crippen LogP contribution is 2.68.